The fourth-order valence-corrected chi connectivity index (χ4v) is 1.56. The van der Waals surface area contributed by atoms with Crippen molar-refractivity contribution in [3.63, 3.8) is 0 Å². The molecule has 1 rings (SSSR count). The molecule has 1 aliphatic heterocycles. The molecule has 0 aromatic heterocycles. The van der Waals surface area contributed by atoms with Crippen molar-refractivity contribution in [3.05, 3.63) is 0 Å². The summed E-state index contributed by atoms with van der Waals surface area (Å²) in [4.78, 5) is 10.8. The third kappa shape index (κ3) is 1.56. The summed E-state index contributed by atoms with van der Waals surface area (Å²) in [5, 5.41) is 3.23. The van der Waals surface area contributed by atoms with Crippen LogP contribution in [-0.4, -0.2) is 17.6 Å². The molecule has 4 atom stereocenters. The number of nitrogens with one attached hydrogen (secondary N) is 1. The summed E-state index contributed by atoms with van der Waals surface area (Å²) in [7, 11) is 2.23. The third-order valence-corrected chi connectivity index (χ3v) is 2.67. The molecule has 2 nitrogen and oxygen atoms in total. The van der Waals surface area contributed by atoms with E-state index >= 15 is 0 Å². The molecule has 10 heavy (non-hydrogen) atoms. The van der Waals surface area contributed by atoms with Crippen LogP contribution in [0.25, 0.3) is 0 Å². The minimum atomic E-state index is 0.0926. The Balaban J connectivity index is 2.49. The van der Waals surface area contributed by atoms with Gasteiger partial charge in [0.25, 0.3) is 0 Å². The zero-order valence-corrected chi connectivity index (χ0v) is 7.58. The highest BCUT2D eigenvalue weighted by molar-refractivity contribution is 7.40. The number of rotatable bonds is 1. The van der Waals surface area contributed by atoms with Gasteiger partial charge in [0.05, 0.1) is 6.04 Å². The number of carbonyl (C=O) groups excluding carboxylic acids is 1. The van der Waals surface area contributed by atoms with E-state index < -0.39 is 0 Å². The Morgan fingerprint density at radius 2 is 2.20 bits per heavy atom. The molecule has 1 aliphatic rings. The van der Waals surface area contributed by atoms with Crippen molar-refractivity contribution in [2.75, 3.05) is 0 Å². The SMILES string of the molecule is C[C@@H]1C[C@H](C(=O)P)N[C@@H]1C. The summed E-state index contributed by atoms with van der Waals surface area (Å²) in [5.74, 6) is 0.634. The van der Waals surface area contributed by atoms with Crippen molar-refractivity contribution in [1.82, 2.24) is 5.32 Å². The second kappa shape index (κ2) is 2.98. The normalized spacial score (nSPS) is 40.1. The molecule has 0 saturated carbocycles. The van der Waals surface area contributed by atoms with Crippen LogP contribution >= 0.6 is 9.24 Å². The monoisotopic (exact) mass is 159 g/mol. The van der Waals surface area contributed by atoms with Crippen molar-refractivity contribution in [3.8, 4) is 0 Å². The van der Waals surface area contributed by atoms with E-state index in [9.17, 15) is 4.79 Å². The van der Waals surface area contributed by atoms with Gasteiger partial charge in [-0.25, -0.2) is 0 Å². The van der Waals surface area contributed by atoms with Crippen molar-refractivity contribution in [1.29, 1.82) is 0 Å². The highest BCUT2D eigenvalue weighted by atomic mass is 31.0. The highest BCUT2D eigenvalue weighted by Crippen LogP contribution is 2.20. The molecule has 1 heterocycles. The Kier molecular flexibility index (Phi) is 2.43. The van der Waals surface area contributed by atoms with E-state index in [1.807, 2.05) is 0 Å². The minimum Gasteiger partial charge on any atom is -0.304 e. The second-order valence-electron chi connectivity index (χ2n) is 3.12. The average molecular weight is 159 g/mol. The number of carbonyl (C=O) groups is 1. The Morgan fingerprint density at radius 3 is 2.40 bits per heavy atom. The van der Waals surface area contributed by atoms with Crippen molar-refractivity contribution >= 4 is 14.8 Å². The fraction of sp³-hybridized carbons (Fsp3) is 0.857. The van der Waals surface area contributed by atoms with Crippen molar-refractivity contribution in [2.45, 2.75) is 32.4 Å². The molecular formula is C7H14NOP. The van der Waals surface area contributed by atoms with Gasteiger partial charge in [0.1, 0.15) is 0 Å². The minimum absolute atomic E-state index is 0.0926. The van der Waals surface area contributed by atoms with Crippen LogP contribution in [0.2, 0.25) is 0 Å². The van der Waals surface area contributed by atoms with E-state index in [4.69, 9.17) is 0 Å². The Bertz CT molecular complexity index is 139. The van der Waals surface area contributed by atoms with Gasteiger partial charge in [-0.1, -0.05) is 16.2 Å². The summed E-state index contributed by atoms with van der Waals surface area (Å²) >= 11 is 0. The van der Waals surface area contributed by atoms with Crippen LogP contribution in [0, 0.1) is 5.92 Å². The highest BCUT2D eigenvalue weighted by Gasteiger charge is 2.29. The van der Waals surface area contributed by atoms with E-state index in [0.29, 0.717) is 12.0 Å². The topological polar surface area (TPSA) is 29.1 Å². The lowest BCUT2D eigenvalue weighted by atomic mass is 10.0. The third-order valence-electron chi connectivity index (χ3n) is 2.27. The molecule has 58 valence electrons. The van der Waals surface area contributed by atoms with Crippen molar-refractivity contribution < 1.29 is 4.79 Å². The molecule has 1 N–H and O–H groups in total. The van der Waals surface area contributed by atoms with E-state index in [2.05, 4.69) is 28.4 Å². The van der Waals surface area contributed by atoms with E-state index in [-0.39, 0.29) is 11.6 Å². The first-order valence-corrected chi connectivity index (χ1v) is 4.24. The first-order chi connectivity index (χ1) is 4.61. The molecule has 1 fully saturated rings. The van der Waals surface area contributed by atoms with Gasteiger partial charge in [-0.2, -0.15) is 0 Å². The van der Waals surface area contributed by atoms with Gasteiger partial charge in [-0.15, -0.1) is 0 Å². The largest absolute Gasteiger partial charge is 0.304 e. The summed E-state index contributed by atoms with van der Waals surface area (Å²) in [6.45, 7) is 4.30. The maximum absolute atomic E-state index is 10.8. The van der Waals surface area contributed by atoms with Gasteiger partial charge in [0.15, 0.2) is 5.52 Å². The van der Waals surface area contributed by atoms with Crippen LogP contribution < -0.4 is 5.32 Å². The van der Waals surface area contributed by atoms with Gasteiger partial charge in [0, 0.05) is 6.04 Å². The summed E-state index contributed by atoms with van der Waals surface area (Å²) in [6, 6.07) is 0.587. The molecule has 0 spiro atoms. The lowest BCUT2D eigenvalue weighted by molar-refractivity contribution is -0.112. The quantitative estimate of drug-likeness (QED) is 0.573. The first-order valence-electron chi connectivity index (χ1n) is 3.66. The predicted octanol–water partition coefficient (Wildman–Crippen LogP) is 0.775. The van der Waals surface area contributed by atoms with Crippen LogP contribution in [0.4, 0.5) is 0 Å². The van der Waals surface area contributed by atoms with Crippen LogP contribution in [0.5, 0.6) is 0 Å². The molecule has 1 saturated heterocycles. The van der Waals surface area contributed by atoms with E-state index in [1.165, 1.54) is 0 Å². The summed E-state index contributed by atoms with van der Waals surface area (Å²) < 4.78 is 0. The molecule has 0 aromatic carbocycles. The molecular weight excluding hydrogens is 145 g/mol. The first kappa shape index (κ1) is 8.16. The van der Waals surface area contributed by atoms with Gasteiger partial charge in [-0.05, 0) is 19.3 Å². The van der Waals surface area contributed by atoms with Crippen LogP contribution in [0.3, 0.4) is 0 Å². The lowest BCUT2D eigenvalue weighted by Crippen LogP contribution is -2.31. The molecule has 1 unspecified atom stereocenters. The molecule has 3 heteroatoms. The van der Waals surface area contributed by atoms with Gasteiger partial charge in [-0.3, -0.25) is 4.79 Å². The van der Waals surface area contributed by atoms with Gasteiger partial charge >= 0.3 is 0 Å². The Labute approximate surface area is 64.0 Å². The second-order valence-corrected chi connectivity index (χ2v) is 3.69. The standard InChI is InChI=1S/C7H14NOP/c1-4-3-6(7(9)10)8-5(4)2/h4-6,8H,3,10H2,1-2H3/t4-,5-,6-/m1/s1. The molecule has 0 radical (unpaired) electrons. The van der Waals surface area contributed by atoms with Crippen molar-refractivity contribution in [2.24, 2.45) is 5.92 Å². The molecule has 0 aliphatic carbocycles. The van der Waals surface area contributed by atoms with E-state index in [0.717, 1.165) is 6.42 Å². The molecule has 0 amide bonds. The Morgan fingerprint density at radius 1 is 1.60 bits per heavy atom. The summed E-state index contributed by atoms with van der Waals surface area (Å²) in [5.41, 5.74) is 0.191. The fourth-order valence-electron chi connectivity index (χ4n) is 1.32. The maximum Gasteiger partial charge on any atom is 0.165 e. The average Bonchev–Trinajstić information content (AvgIpc) is 2.13. The summed E-state index contributed by atoms with van der Waals surface area (Å²) in [6.07, 6.45) is 0.990. The molecule has 0 bridgehead atoms. The van der Waals surface area contributed by atoms with Gasteiger partial charge < -0.3 is 5.32 Å². The van der Waals surface area contributed by atoms with Crippen LogP contribution in [0.1, 0.15) is 20.3 Å². The van der Waals surface area contributed by atoms with Crippen LogP contribution in [-0.2, 0) is 4.79 Å². The zero-order valence-electron chi connectivity index (χ0n) is 6.42. The smallest absolute Gasteiger partial charge is 0.165 e. The predicted molar refractivity (Wildman–Crippen MR) is 44.9 cm³/mol. The zero-order chi connectivity index (χ0) is 7.72. The van der Waals surface area contributed by atoms with Crippen LogP contribution in [0.15, 0.2) is 0 Å². The number of hydrogen-bond acceptors (Lipinski definition) is 2. The van der Waals surface area contributed by atoms with E-state index in [1.54, 1.807) is 0 Å². The molecule has 0 aromatic rings. The number of hydrogen-bond donors (Lipinski definition) is 1. The Hall–Kier alpha value is 0.0600. The van der Waals surface area contributed by atoms with Gasteiger partial charge in [0.2, 0.25) is 0 Å². The maximum atomic E-state index is 10.8. The lowest BCUT2D eigenvalue weighted by Gasteiger charge is -2.07.